The van der Waals surface area contributed by atoms with Gasteiger partial charge < -0.3 is 5.32 Å². The summed E-state index contributed by atoms with van der Waals surface area (Å²) < 4.78 is 0. The molecule has 2 aromatic rings. The Balaban J connectivity index is 2.75. The van der Waals surface area contributed by atoms with Gasteiger partial charge in [0.25, 0.3) is 0 Å². The van der Waals surface area contributed by atoms with Crippen molar-refractivity contribution < 1.29 is 0 Å². The van der Waals surface area contributed by atoms with Gasteiger partial charge in [0.2, 0.25) is 0 Å². The van der Waals surface area contributed by atoms with Gasteiger partial charge in [-0.25, -0.2) is 0 Å². The molecule has 0 atom stereocenters. The number of nitrogens with zero attached hydrogens (tertiary/aromatic N) is 1. The maximum Gasteiger partial charge on any atom is 0.0743 e. The molecule has 0 spiro atoms. The highest BCUT2D eigenvalue weighted by Gasteiger charge is 2.12. The Morgan fingerprint density at radius 2 is 1.84 bits per heavy atom. The molecule has 102 valence electrons. The summed E-state index contributed by atoms with van der Waals surface area (Å²) in [5, 5.41) is 4.55. The number of benzene rings is 1. The van der Waals surface area contributed by atoms with Crippen LogP contribution in [-0.2, 0) is 6.54 Å². The molecule has 2 rings (SSSR count). The van der Waals surface area contributed by atoms with Crippen molar-refractivity contribution >= 4 is 10.9 Å². The van der Waals surface area contributed by atoms with E-state index < -0.39 is 0 Å². The Morgan fingerprint density at radius 3 is 2.42 bits per heavy atom. The lowest BCUT2D eigenvalue weighted by Gasteiger charge is -2.15. The molecule has 1 heterocycles. The largest absolute Gasteiger partial charge is 0.316 e. The summed E-state index contributed by atoms with van der Waals surface area (Å²) in [6.07, 6.45) is 0. The van der Waals surface area contributed by atoms with Gasteiger partial charge in [-0.3, -0.25) is 4.98 Å². The summed E-state index contributed by atoms with van der Waals surface area (Å²) in [7, 11) is 1.99. The molecule has 19 heavy (non-hydrogen) atoms. The van der Waals surface area contributed by atoms with Gasteiger partial charge >= 0.3 is 0 Å². The van der Waals surface area contributed by atoms with Crippen molar-refractivity contribution in [2.45, 2.75) is 46.1 Å². The van der Waals surface area contributed by atoms with Gasteiger partial charge in [0.05, 0.1) is 5.52 Å². The highest BCUT2D eigenvalue weighted by atomic mass is 14.8. The molecule has 0 saturated heterocycles. The number of para-hydroxylation sites is 1. The van der Waals surface area contributed by atoms with Gasteiger partial charge in [-0.05, 0) is 36.1 Å². The molecule has 0 unspecified atom stereocenters. The van der Waals surface area contributed by atoms with Crippen LogP contribution < -0.4 is 5.32 Å². The second-order valence-electron chi connectivity index (χ2n) is 5.79. The topological polar surface area (TPSA) is 24.9 Å². The molecule has 1 N–H and O–H groups in total. The predicted octanol–water partition coefficient (Wildman–Crippen LogP) is 4.20. The fourth-order valence-corrected chi connectivity index (χ4v) is 2.46. The quantitative estimate of drug-likeness (QED) is 0.886. The third-order valence-electron chi connectivity index (χ3n) is 3.56. The number of fused-ring (bicyclic) bond motifs is 1. The lowest BCUT2D eigenvalue weighted by atomic mass is 9.95. The highest BCUT2D eigenvalue weighted by Crippen LogP contribution is 2.28. The minimum atomic E-state index is 0.459. The van der Waals surface area contributed by atoms with Crippen LogP contribution in [0.4, 0.5) is 0 Å². The van der Waals surface area contributed by atoms with E-state index in [9.17, 15) is 0 Å². The van der Waals surface area contributed by atoms with Crippen LogP contribution >= 0.6 is 0 Å². The predicted molar refractivity (Wildman–Crippen MR) is 82.7 cm³/mol. The summed E-state index contributed by atoms with van der Waals surface area (Å²) in [6, 6.07) is 8.78. The molecule has 0 aliphatic heterocycles. The Hall–Kier alpha value is -1.41. The van der Waals surface area contributed by atoms with Gasteiger partial charge in [-0.2, -0.15) is 0 Å². The third-order valence-corrected chi connectivity index (χ3v) is 3.56. The molecule has 0 aliphatic rings. The molecule has 1 aromatic carbocycles. The minimum Gasteiger partial charge on any atom is -0.316 e. The average Bonchev–Trinajstić information content (AvgIpc) is 2.37. The van der Waals surface area contributed by atoms with E-state index in [4.69, 9.17) is 4.98 Å². The lowest BCUT2D eigenvalue weighted by molar-refractivity contribution is 0.795. The van der Waals surface area contributed by atoms with Crippen LogP contribution in [0.25, 0.3) is 10.9 Å². The van der Waals surface area contributed by atoms with Crippen molar-refractivity contribution in [2.24, 2.45) is 0 Å². The fraction of sp³-hybridized carbons (Fsp3) is 0.471. The molecule has 0 saturated carbocycles. The van der Waals surface area contributed by atoms with Crippen LogP contribution in [0.15, 0.2) is 24.3 Å². The summed E-state index contributed by atoms with van der Waals surface area (Å²) in [4.78, 5) is 4.91. The normalized spacial score (nSPS) is 11.7. The summed E-state index contributed by atoms with van der Waals surface area (Å²) in [6.45, 7) is 9.76. The van der Waals surface area contributed by atoms with Crippen molar-refractivity contribution in [1.82, 2.24) is 10.3 Å². The van der Waals surface area contributed by atoms with Crippen LogP contribution in [0.1, 0.15) is 56.4 Å². The lowest BCUT2D eigenvalue weighted by Crippen LogP contribution is -2.08. The fourth-order valence-electron chi connectivity index (χ4n) is 2.46. The van der Waals surface area contributed by atoms with Gasteiger partial charge in [0, 0.05) is 17.6 Å². The van der Waals surface area contributed by atoms with Gasteiger partial charge in [-0.15, -0.1) is 0 Å². The average molecular weight is 256 g/mol. The van der Waals surface area contributed by atoms with Gasteiger partial charge in [0.15, 0.2) is 0 Å². The van der Waals surface area contributed by atoms with Gasteiger partial charge in [0.1, 0.15) is 0 Å². The van der Waals surface area contributed by atoms with Crippen molar-refractivity contribution in [2.75, 3.05) is 7.05 Å². The molecule has 2 heteroatoms. The summed E-state index contributed by atoms with van der Waals surface area (Å²) in [5.41, 5.74) is 5.05. The van der Waals surface area contributed by atoms with Crippen molar-refractivity contribution in [3.8, 4) is 0 Å². The first-order valence-electron chi connectivity index (χ1n) is 7.11. The molecule has 0 bridgehead atoms. The standard InChI is InChI=1S/C17H24N2/c1-11(2)14-7-6-8-15-13(10-18-5)9-16(12(3)4)19-17(14)15/h6-9,11-12,18H,10H2,1-5H3. The van der Waals surface area contributed by atoms with Crippen molar-refractivity contribution in [3.05, 3.63) is 41.1 Å². The zero-order valence-electron chi connectivity index (χ0n) is 12.6. The zero-order valence-corrected chi connectivity index (χ0v) is 12.6. The number of hydrogen-bond acceptors (Lipinski definition) is 2. The van der Waals surface area contributed by atoms with Crippen LogP contribution in [0, 0.1) is 0 Å². The molecule has 0 radical (unpaired) electrons. The molecule has 2 nitrogen and oxygen atoms in total. The minimum absolute atomic E-state index is 0.459. The van der Waals surface area contributed by atoms with Crippen molar-refractivity contribution in [3.63, 3.8) is 0 Å². The van der Waals surface area contributed by atoms with E-state index in [0.717, 1.165) is 6.54 Å². The van der Waals surface area contributed by atoms with Crippen LogP contribution in [-0.4, -0.2) is 12.0 Å². The molecule has 1 aromatic heterocycles. The number of pyridine rings is 1. The van der Waals surface area contributed by atoms with E-state index in [2.05, 4.69) is 57.3 Å². The number of hydrogen-bond donors (Lipinski definition) is 1. The van der Waals surface area contributed by atoms with E-state index in [0.29, 0.717) is 11.8 Å². The van der Waals surface area contributed by atoms with E-state index in [1.165, 1.54) is 27.7 Å². The second-order valence-corrected chi connectivity index (χ2v) is 5.79. The van der Waals surface area contributed by atoms with E-state index in [1.54, 1.807) is 0 Å². The van der Waals surface area contributed by atoms with Crippen LogP contribution in [0.2, 0.25) is 0 Å². The first-order chi connectivity index (χ1) is 9.04. The zero-order chi connectivity index (χ0) is 14.0. The molecule has 0 fully saturated rings. The number of aromatic nitrogens is 1. The molecule has 0 aliphatic carbocycles. The van der Waals surface area contributed by atoms with Crippen molar-refractivity contribution in [1.29, 1.82) is 0 Å². The van der Waals surface area contributed by atoms with Crippen LogP contribution in [0.5, 0.6) is 0 Å². The smallest absolute Gasteiger partial charge is 0.0743 e. The van der Waals surface area contributed by atoms with E-state index in [-0.39, 0.29) is 0 Å². The maximum absolute atomic E-state index is 4.91. The Labute approximate surface area is 116 Å². The second kappa shape index (κ2) is 5.70. The SMILES string of the molecule is CNCc1cc(C(C)C)nc2c(C(C)C)cccc12. The van der Waals surface area contributed by atoms with Crippen LogP contribution in [0.3, 0.4) is 0 Å². The third kappa shape index (κ3) is 2.79. The first-order valence-corrected chi connectivity index (χ1v) is 7.11. The molecular weight excluding hydrogens is 232 g/mol. The summed E-state index contributed by atoms with van der Waals surface area (Å²) in [5.74, 6) is 0.960. The Bertz CT molecular complexity index is 571. The first kappa shape index (κ1) is 14.0. The summed E-state index contributed by atoms with van der Waals surface area (Å²) >= 11 is 0. The van der Waals surface area contributed by atoms with E-state index >= 15 is 0 Å². The monoisotopic (exact) mass is 256 g/mol. The molecular formula is C17H24N2. The number of nitrogens with one attached hydrogen (secondary N) is 1. The van der Waals surface area contributed by atoms with E-state index in [1.807, 2.05) is 7.05 Å². The Morgan fingerprint density at radius 1 is 1.11 bits per heavy atom. The van der Waals surface area contributed by atoms with Gasteiger partial charge in [-0.1, -0.05) is 45.9 Å². The maximum atomic E-state index is 4.91. The number of rotatable bonds is 4. The highest BCUT2D eigenvalue weighted by molar-refractivity contribution is 5.85. The molecule has 0 amide bonds. The Kier molecular flexibility index (Phi) is 4.20.